The van der Waals surface area contributed by atoms with E-state index in [0.717, 1.165) is 6.29 Å². The Labute approximate surface area is 61.2 Å². The fourth-order valence-electron chi connectivity index (χ4n) is 0. The molecule has 0 saturated heterocycles. The summed E-state index contributed by atoms with van der Waals surface area (Å²) in [4.78, 5) is 9.41. The third-order valence-corrected chi connectivity index (χ3v) is 0.201. The average molecular weight is 308 g/mol. The number of rotatable bonds is 1. The molecule has 0 aromatic heterocycles. The first-order valence-electron chi connectivity index (χ1n) is 1.38. The van der Waals surface area contributed by atoms with Crippen LogP contribution in [0.1, 0.15) is 6.92 Å². The number of aldehydes is 1. The summed E-state index contributed by atoms with van der Waals surface area (Å²) in [6, 6.07) is 0. The fourth-order valence-corrected chi connectivity index (χ4v) is 0. The van der Waals surface area contributed by atoms with Crippen molar-refractivity contribution in [1.29, 1.82) is 0 Å². The van der Waals surface area contributed by atoms with Crippen molar-refractivity contribution in [1.82, 2.24) is 0 Å². The van der Waals surface area contributed by atoms with Crippen molar-refractivity contribution < 1.29 is 35.9 Å². The maximum atomic E-state index is 9.41. The monoisotopic (exact) mass is 308 g/mol. The molecule has 6 heavy (non-hydrogen) atoms. The summed E-state index contributed by atoms with van der Waals surface area (Å²) in [5.74, 6) is 0. The number of carbonyl (C=O) groups is 1. The molecule has 0 N–H and O–H groups in total. The van der Waals surface area contributed by atoms with E-state index in [1.165, 1.54) is 0 Å². The molecule has 0 amide bonds. The quantitative estimate of drug-likeness (QED) is 0.516. The summed E-state index contributed by atoms with van der Waals surface area (Å²) < 4.78 is 0. The molecule has 0 aromatic carbocycles. The molecule has 1 nitrogen and oxygen atoms in total. The molecule has 32 valence electrons. The van der Waals surface area contributed by atoms with Gasteiger partial charge in [0.1, 0.15) is 6.29 Å². The van der Waals surface area contributed by atoms with Gasteiger partial charge in [-0.15, -0.1) is 0 Å². The fraction of sp³-hybridized carbons (Fsp3) is 0.250. The zero-order valence-corrected chi connectivity index (χ0v) is 7.86. The standard InChI is InChI=1S/C4H6O.U/c1-4(2)3-5;/h3H,1H2,2H3;. The summed E-state index contributed by atoms with van der Waals surface area (Å²) in [5, 5.41) is 0. The molecule has 0 bridgehead atoms. The van der Waals surface area contributed by atoms with Crippen molar-refractivity contribution in [2.45, 2.75) is 6.92 Å². The van der Waals surface area contributed by atoms with Gasteiger partial charge in [-0.1, -0.05) is 6.58 Å². The van der Waals surface area contributed by atoms with Crippen LogP contribution in [0.15, 0.2) is 12.2 Å². The van der Waals surface area contributed by atoms with E-state index in [9.17, 15) is 4.79 Å². The molecule has 0 spiro atoms. The van der Waals surface area contributed by atoms with E-state index >= 15 is 0 Å². The number of carbonyl (C=O) groups excluding carboxylic acids is 1. The molecule has 0 fully saturated rings. The van der Waals surface area contributed by atoms with E-state index in [2.05, 4.69) is 6.58 Å². The van der Waals surface area contributed by atoms with Crippen LogP contribution in [0.2, 0.25) is 0 Å². The smallest absolute Gasteiger partial charge is 0.145 e. The molecule has 0 aromatic rings. The first-order chi connectivity index (χ1) is 2.27. The van der Waals surface area contributed by atoms with Crippen molar-refractivity contribution >= 4 is 6.29 Å². The predicted octanol–water partition coefficient (Wildman–Crippen LogP) is 0.761. The molecule has 0 rings (SSSR count). The van der Waals surface area contributed by atoms with E-state index in [1.807, 2.05) is 0 Å². The van der Waals surface area contributed by atoms with Gasteiger partial charge in [0.25, 0.3) is 0 Å². The number of hydrogen-bond donors (Lipinski definition) is 0. The molecule has 0 aliphatic rings. The molecular weight excluding hydrogens is 302 g/mol. The SMILES string of the molecule is C=C(C)C=O.[U]. The largest absolute Gasteiger partial charge is 0.298 e. The second kappa shape index (κ2) is 5.46. The maximum Gasteiger partial charge on any atom is 0.145 e. The minimum absolute atomic E-state index is 0. The van der Waals surface area contributed by atoms with Crippen molar-refractivity contribution in [3.05, 3.63) is 12.2 Å². The third kappa shape index (κ3) is 8.82. The molecular formula is C4H6OU. The van der Waals surface area contributed by atoms with Gasteiger partial charge in [-0.3, -0.25) is 4.79 Å². The van der Waals surface area contributed by atoms with E-state index < -0.39 is 0 Å². The van der Waals surface area contributed by atoms with Gasteiger partial charge in [0.15, 0.2) is 0 Å². The normalized spacial score (nSPS) is 5.50. The molecule has 0 atom stereocenters. The van der Waals surface area contributed by atoms with Crippen molar-refractivity contribution in [3.63, 3.8) is 0 Å². The summed E-state index contributed by atoms with van der Waals surface area (Å²) in [6.45, 7) is 4.97. The second-order valence-corrected chi connectivity index (χ2v) is 0.964. The Balaban J connectivity index is 0. The Morgan fingerprint density at radius 1 is 1.83 bits per heavy atom. The van der Waals surface area contributed by atoms with E-state index in [-0.39, 0.29) is 31.1 Å². The van der Waals surface area contributed by atoms with Crippen LogP contribution in [-0.2, 0) is 4.79 Å². The van der Waals surface area contributed by atoms with Gasteiger partial charge in [-0.2, -0.15) is 0 Å². The summed E-state index contributed by atoms with van der Waals surface area (Å²) in [7, 11) is 0. The van der Waals surface area contributed by atoms with Gasteiger partial charge in [-0.25, -0.2) is 0 Å². The van der Waals surface area contributed by atoms with Crippen LogP contribution in [0.25, 0.3) is 0 Å². The first-order valence-corrected chi connectivity index (χ1v) is 1.38. The Kier molecular flexibility index (Phi) is 8.81. The molecule has 2 heteroatoms. The van der Waals surface area contributed by atoms with Crippen molar-refractivity contribution in [2.75, 3.05) is 0 Å². The predicted molar refractivity (Wildman–Crippen MR) is 20.9 cm³/mol. The van der Waals surface area contributed by atoms with Gasteiger partial charge < -0.3 is 0 Å². The molecule has 0 heterocycles. The van der Waals surface area contributed by atoms with Crippen LogP contribution in [0, 0.1) is 31.1 Å². The maximum absolute atomic E-state index is 9.41. The van der Waals surface area contributed by atoms with Gasteiger partial charge in [0, 0.05) is 31.1 Å². The molecule has 0 saturated carbocycles. The van der Waals surface area contributed by atoms with Gasteiger partial charge in [0.05, 0.1) is 0 Å². The Hall–Kier alpha value is 0.462. The minimum atomic E-state index is 0. The van der Waals surface area contributed by atoms with Crippen molar-refractivity contribution in [2.24, 2.45) is 0 Å². The van der Waals surface area contributed by atoms with Crippen LogP contribution >= 0.6 is 0 Å². The molecule has 0 aliphatic carbocycles. The summed E-state index contributed by atoms with van der Waals surface area (Å²) in [6.07, 6.45) is 0.722. The van der Waals surface area contributed by atoms with Crippen LogP contribution < -0.4 is 0 Å². The van der Waals surface area contributed by atoms with E-state index in [0.29, 0.717) is 5.57 Å². The van der Waals surface area contributed by atoms with Crippen LogP contribution in [-0.4, -0.2) is 6.29 Å². The van der Waals surface area contributed by atoms with Crippen molar-refractivity contribution in [3.8, 4) is 0 Å². The minimum Gasteiger partial charge on any atom is -0.298 e. The van der Waals surface area contributed by atoms with Gasteiger partial charge >= 0.3 is 0 Å². The average Bonchev–Trinajstić information content (AvgIpc) is 1.38. The number of allylic oxidation sites excluding steroid dienone is 1. The first kappa shape index (κ1) is 9.68. The van der Waals surface area contributed by atoms with Crippen LogP contribution in [0.4, 0.5) is 0 Å². The Bertz CT molecular complexity index is 58.6. The van der Waals surface area contributed by atoms with Gasteiger partial charge in [-0.05, 0) is 12.5 Å². The molecule has 0 unspecified atom stereocenters. The number of hydrogen-bond acceptors (Lipinski definition) is 1. The second-order valence-electron chi connectivity index (χ2n) is 0.964. The van der Waals surface area contributed by atoms with E-state index in [1.54, 1.807) is 6.92 Å². The van der Waals surface area contributed by atoms with Crippen LogP contribution in [0.5, 0.6) is 0 Å². The van der Waals surface area contributed by atoms with Crippen LogP contribution in [0.3, 0.4) is 0 Å². The summed E-state index contributed by atoms with van der Waals surface area (Å²) >= 11 is 0. The topological polar surface area (TPSA) is 17.1 Å². The zero-order chi connectivity index (χ0) is 4.28. The van der Waals surface area contributed by atoms with E-state index in [4.69, 9.17) is 0 Å². The van der Waals surface area contributed by atoms with Gasteiger partial charge in [0.2, 0.25) is 0 Å². The Morgan fingerprint density at radius 2 is 2.00 bits per heavy atom. The summed E-state index contributed by atoms with van der Waals surface area (Å²) in [5.41, 5.74) is 0.574. The molecule has 0 aliphatic heterocycles. The molecule has 0 radical (unpaired) electrons. The third-order valence-electron chi connectivity index (χ3n) is 0.201. The zero-order valence-electron chi connectivity index (χ0n) is 3.69. The Morgan fingerprint density at radius 3 is 2.00 bits per heavy atom.